The molecule has 0 spiro atoms. The minimum Gasteiger partial charge on any atom is -0.463 e. The molecule has 0 radical (unpaired) electrons. The standard InChI is InChI=1S/C14H23NO3/c1-4-7-12(16)15-11-10-18-13(17)14(11,8-5-2)9-6-3/h4,11H,1,5-10H2,2-3H3,(H,15,16)/t11-/m1/s1. The summed E-state index contributed by atoms with van der Waals surface area (Å²) in [6.07, 6.45) is 5.18. The summed E-state index contributed by atoms with van der Waals surface area (Å²) in [5, 5.41) is 2.91. The van der Waals surface area contributed by atoms with Gasteiger partial charge in [0, 0.05) is 6.42 Å². The summed E-state index contributed by atoms with van der Waals surface area (Å²) < 4.78 is 5.19. The van der Waals surface area contributed by atoms with E-state index in [0.29, 0.717) is 6.61 Å². The average molecular weight is 253 g/mol. The van der Waals surface area contributed by atoms with E-state index >= 15 is 0 Å². The van der Waals surface area contributed by atoms with E-state index < -0.39 is 5.41 Å². The quantitative estimate of drug-likeness (QED) is 0.559. The third-order valence-corrected chi connectivity index (χ3v) is 3.51. The van der Waals surface area contributed by atoms with Crippen LogP contribution in [-0.2, 0) is 14.3 Å². The van der Waals surface area contributed by atoms with Gasteiger partial charge in [-0.1, -0.05) is 32.8 Å². The minimum atomic E-state index is -0.527. The van der Waals surface area contributed by atoms with Crippen LogP contribution in [0.3, 0.4) is 0 Å². The molecule has 0 aliphatic carbocycles. The molecule has 0 aromatic rings. The van der Waals surface area contributed by atoms with Crippen LogP contribution in [0, 0.1) is 5.41 Å². The molecule has 0 saturated carbocycles. The summed E-state index contributed by atoms with van der Waals surface area (Å²) in [7, 11) is 0. The van der Waals surface area contributed by atoms with Crippen molar-refractivity contribution in [1.82, 2.24) is 5.32 Å². The molecule has 102 valence electrons. The molecule has 1 saturated heterocycles. The molecular formula is C14H23NO3. The zero-order chi connectivity index (χ0) is 13.6. The van der Waals surface area contributed by atoms with Crippen molar-refractivity contribution in [2.75, 3.05) is 6.61 Å². The SMILES string of the molecule is C=CCC(=O)N[C@@H]1COC(=O)C1(CCC)CCC. The number of hydrogen-bond acceptors (Lipinski definition) is 3. The van der Waals surface area contributed by atoms with Gasteiger partial charge in [-0.25, -0.2) is 0 Å². The topological polar surface area (TPSA) is 55.4 Å². The lowest BCUT2D eigenvalue weighted by molar-refractivity contribution is -0.147. The molecule has 18 heavy (non-hydrogen) atoms. The number of amides is 1. The van der Waals surface area contributed by atoms with Crippen LogP contribution in [0.2, 0.25) is 0 Å². The molecular weight excluding hydrogens is 230 g/mol. The Balaban J connectivity index is 2.83. The molecule has 4 nitrogen and oxygen atoms in total. The molecule has 1 aliphatic rings. The van der Waals surface area contributed by atoms with Gasteiger partial charge in [-0.05, 0) is 12.8 Å². The van der Waals surface area contributed by atoms with E-state index in [1.165, 1.54) is 0 Å². The molecule has 0 unspecified atom stereocenters. The van der Waals surface area contributed by atoms with Crippen molar-refractivity contribution in [3.63, 3.8) is 0 Å². The van der Waals surface area contributed by atoms with Gasteiger partial charge in [0.05, 0.1) is 11.5 Å². The van der Waals surface area contributed by atoms with Gasteiger partial charge < -0.3 is 10.1 Å². The number of hydrogen-bond donors (Lipinski definition) is 1. The second-order valence-electron chi connectivity index (χ2n) is 4.87. The zero-order valence-electron chi connectivity index (χ0n) is 11.3. The smallest absolute Gasteiger partial charge is 0.314 e. The summed E-state index contributed by atoms with van der Waals surface area (Å²) >= 11 is 0. The first-order valence-electron chi connectivity index (χ1n) is 6.68. The third kappa shape index (κ3) is 2.92. The second kappa shape index (κ2) is 6.57. The molecule has 1 N–H and O–H groups in total. The first kappa shape index (κ1) is 14.7. The fourth-order valence-electron chi connectivity index (χ4n) is 2.74. The Morgan fingerprint density at radius 2 is 2.11 bits per heavy atom. The summed E-state index contributed by atoms with van der Waals surface area (Å²) in [6.45, 7) is 7.93. The van der Waals surface area contributed by atoms with Crippen LogP contribution in [0.5, 0.6) is 0 Å². The van der Waals surface area contributed by atoms with Gasteiger partial charge in [0.1, 0.15) is 6.61 Å². The number of ether oxygens (including phenoxy) is 1. The molecule has 1 fully saturated rings. The Morgan fingerprint density at radius 3 is 2.61 bits per heavy atom. The number of cyclic esters (lactones) is 1. The lowest BCUT2D eigenvalue weighted by Gasteiger charge is -2.30. The average Bonchev–Trinajstić information content (AvgIpc) is 2.60. The molecule has 1 rings (SSSR count). The van der Waals surface area contributed by atoms with E-state index in [9.17, 15) is 9.59 Å². The highest BCUT2D eigenvalue weighted by atomic mass is 16.5. The van der Waals surface area contributed by atoms with Gasteiger partial charge in [-0.15, -0.1) is 6.58 Å². The van der Waals surface area contributed by atoms with Crippen LogP contribution in [0.25, 0.3) is 0 Å². The van der Waals surface area contributed by atoms with E-state index in [4.69, 9.17) is 4.74 Å². The summed E-state index contributed by atoms with van der Waals surface area (Å²) in [6, 6.07) is -0.197. The Bertz CT molecular complexity index is 319. The number of rotatable bonds is 7. The van der Waals surface area contributed by atoms with Crippen LogP contribution < -0.4 is 5.32 Å². The van der Waals surface area contributed by atoms with Crippen molar-refractivity contribution in [2.24, 2.45) is 5.41 Å². The maximum atomic E-state index is 12.0. The van der Waals surface area contributed by atoms with Gasteiger partial charge in [0.15, 0.2) is 0 Å². The van der Waals surface area contributed by atoms with Crippen LogP contribution in [-0.4, -0.2) is 24.5 Å². The first-order chi connectivity index (χ1) is 8.60. The lowest BCUT2D eigenvalue weighted by atomic mass is 9.74. The molecule has 1 atom stereocenters. The van der Waals surface area contributed by atoms with Gasteiger partial charge in [0.25, 0.3) is 0 Å². The highest BCUT2D eigenvalue weighted by Gasteiger charge is 2.51. The molecule has 0 bridgehead atoms. The fourth-order valence-corrected chi connectivity index (χ4v) is 2.74. The van der Waals surface area contributed by atoms with Crippen molar-refractivity contribution >= 4 is 11.9 Å². The Hall–Kier alpha value is -1.32. The van der Waals surface area contributed by atoms with Crippen LogP contribution in [0.4, 0.5) is 0 Å². The molecule has 1 aliphatic heterocycles. The predicted octanol–water partition coefficient (Wildman–Crippen LogP) is 2.19. The van der Waals surface area contributed by atoms with Crippen molar-refractivity contribution in [3.05, 3.63) is 12.7 Å². The Kier molecular flexibility index (Phi) is 5.38. The van der Waals surface area contributed by atoms with Crippen molar-refractivity contribution in [1.29, 1.82) is 0 Å². The fraction of sp³-hybridized carbons (Fsp3) is 0.714. The van der Waals surface area contributed by atoms with Gasteiger partial charge in [-0.2, -0.15) is 0 Å². The second-order valence-corrected chi connectivity index (χ2v) is 4.87. The minimum absolute atomic E-state index is 0.0927. The maximum absolute atomic E-state index is 12.0. The number of carbonyl (C=O) groups is 2. The highest BCUT2D eigenvalue weighted by molar-refractivity contribution is 5.83. The lowest BCUT2D eigenvalue weighted by Crippen LogP contribution is -2.48. The first-order valence-corrected chi connectivity index (χ1v) is 6.68. The Morgan fingerprint density at radius 1 is 1.50 bits per heavy atom. The van der Waals surface area contributed by atoms with E-state index in [1.807, 2.05) is 13.8 Å². The summed E-state index contributed by atoms with van der Waals surface area (Å²) in [5.41, 5.74) is -0.527. The van der Waals surface area contributed by atoms with Gasteiger partial charge in [-0.3, -0.25) is 9.59 Å². The molecule has 4 heteroatoms. The molecule has 1 heterocycles. The number of nitrogens with one attached hydrogen (secondary N) is 1. The van der Waals surface area contributed by atoms with E-state index in [1.54, 1.807) is 6.08 Å². The Labute approximate surface area is 109 Å². The zero-order valence-corrected chi connectivity index (χ0v) is 11.3. The van der Waals surface area contributed by atoms with Crippen LogP contribution >= 0.6 is 0 Å². The van der Waals surface area contributed by atoms with E-state index in [-0.39, 0.29) is 24.3 Å². The third-order valence-electron chi connectivity index (χ3n) is 3.51. The normalized spacial score (nSPS) is 21.4. The summed E-state index contributed by atoms with van der Waals surface area (Å²) in [5.74, 6) is -0.250. The summed E-state index contributed by atoms with van der Waals surface area (Å²) in [4.78, 5) is 23.7. The molecule has 1 amide bonds. The van der Waals surface area contributed by atoms with Crippen molar-refractivity contribution in [3.8, 4) is 0 Å². The number of carbonyl (C=O) groups excluding carboxylic acids is 2. The van der Waals surface area contributed by atoms with E-state index in [0.717, 1.165) is 25.7 Å². The van der Waals surface area contributed by atoms with Crippen molar-refractivity contribution in [2.45, 2.75) is 52.0 Å². The van der Waals surface area contributed by atoms with Gasteiger partial charge >= 0.3 is 5.97 Å². The monoisotopic (exact) mass is 253 g/mol. The molecule has 0 aromatic heterocycles. The largest absolute Gasteiger partial charge is 0.463 e. The van der Waals surface area contributed by atoms with Gasteiger partial charge in [0.2, 0.25) is 5.91 Å². The highest BCUT2D eigenvalue weighted by Crippen LogP contribution is 2.39. The van der Waals surface area contributed by atoms with E-state index in [2.05, 4.69) is 11.9 Å². The van der Waals surface area contributed by atoms with Crippen LogP contribution in [0.1, 0.15) is 46.0 Å². The van der Waals surface area contributed by atoms with Crippen molar-refractivity contribution < 1.29 is 14.3 Å². The maximum Gasteiger partial charge on any atom is 0.314 e. The van der Waals surface area contributed by atoms with Crippen LogP contribution in [0.15, 0.2) is 12.7 Å². The predicted molar refractivity (Wildman–Crippen MR) is 70.0 cm³/mol. The number of esters is 1. The molecule has 0 aromatic carbocycles.